The zero-order valence-electron chi connectivity index (χ0n) is 17.8. The molecule has 1 heterocycles. The molecule has 0 bridgehead atoms. The number of rotatable bonds is 8. The summed E-state index contributed by atoms with van der Waals surface area (Å²) >= 11 is 0. The van der Waals surface area contributed by atoms with Crippen molar-refractivity contribution in [1.82, 2.24) is 10.6 Å². The van der Waals surface area contributed by atoms with Gasteiger partial charge >= 0.3 is 6.09 Å². The van der Waals surface area contributed by atoms with Crippen LogP contribution in [0.3, 0.4) is 0 Å². The Morgan fingerprint density at radius 1 is 1.14 bits per heavy atom. The fraction of sp³-hybridized carbons (Fsp3) is 0.720. The van der Waals surface area contributed by atoms with Gasteiger partial charge in [-0.25, -0.2) is 4.79 Å². The second-order valence-corrected chi connectivity index (χ2v) is 9.65. The predicted molar refractivity (Wildman–Crippen MR) is 118 cm³/mol. The minimum Gasteiger partial charge on any atom is -0.465 e. The average molecular weight is 399 g/mol. The molecule has 29 heavy (non-hydrogen) atoms. The molecular weight excluding hydrogens is 360 g/mol. The fourth-order valence-corrected chi connectivity index (χ4v) is 6.23. The van der Waals surface area contributed by atoms with Crippen molar-refractivity contribution in [1.29, 1.82) is 0 Å². The van der Waals surface area contributed by atoms with Crippen LogP contribution in [0.5, 0.6) is 0 Å². The van der Waals surface area contributed by atoms with Gasteiger partial charge in [0.25, 0.3) is 0 Å². The van der Waals surface area contributed by atoms with Crippen molar-refractivity contribution < 1.29 is 9.90 Å². The van der Waals surface area contributed by atoms with Crippen LogP contribution in [0.1, 0.15) is 86.8 Å². The molecule has 4 nitrogen and oxygen atoms in total. The quantitative estimate of drug-likeness (QED) is 0.560. The maximum Gasteiger partial charge on any atom is 0.404 e. The molecule has 0 radical (unpaired) electrons. The number of nitrogens with one attached hydrogen (secondary N) is 2. The van der Waals surface area contributed by atoms with Crippen LogP contribution >= 0.6 is 0 Å². The van der Waals surface area contributed by atoms with Crippen LogP contribution in [0.2, 0.25) is 0 Å². The molecule has 1 aliphatic heterocycles. The van der Waals surface area contributed by atoms with Crippen molar-refractivity contribution in [3.05, 3.63) is 34.9 Å². The van der Waals surface area contributed by atoms with E-state index in [0.29, 0.717) is 24.4 Å². The highest BCUT2D eigenvalue weighted by atomic mass is 16.4. The van der Waals surface area contributed by atoms with Gasteiger partial charge in [0.15, 0.2) is 0 Å². The van der Waals surface area contributed by atoms with Crippen LogP contribution in [0.15, 0.2) is 18.2 Å². The van der Waals surface area contributed by atoms with E-state index in [1.807, 2.05) is 0 Å². The smallest absolute Gasteiger partial charge is 0.404 e. The molecule has 2 fully saturated rings. The Hall–Kier alpha value is -1.55. The highest BCUT2D eigenvalue weighted by Gasteiger charge is 2.34. The summed E-state index contributed by atoms with van der Waals surface area (Å²) < 4.78 is 0. The summed E-state index contributed by atoms with van der Waals surface area (Å²) in [6.07, 6.45) is 14.5. The normalized spacial score (nSPS) is 25.2. The molecule has 3 aliphatic rings. The molecule has 2 aliphatic carbocycles. The number of carboxylic acid groups (broad SMARTS) is 1. The summed E-state index contributed by atoms with van der Waals surface area (Å²) in [5, 5.41) is 15.3. The van der Waals surface area contributed by atoms with Gasteiger partial charge in [-0.2, -0.15) is 0 Å². The van der Waals surface area contributed by atoms with Crippen LogP contribution in [0.4, 0.5) is 4.79 Å². The molecule has 1 aromatic carbocycles. The molecule has 4 heteroatoms. The number of hydrogen-bond acceptors (Lipinski definition) is 2. The van der Waals surface area contributed by atoms with E-state index in [1.54, 1.807) is 11.1 Å². The van der Waals surface area contributed by atoms with E-state index in [9.17, 15) is 4.79 Å². The first-order valence-electron chi connectivity index (χ1n) is 12.0. The number of amides is 1. The van der Waals surface area contributed by atoms with Gasteiger partial charge < -0.3 is 15.7 Å². The van der Waals surface area contributed by atoms with Gasteiger partial charge in [0, 0.05) is 18.5 Å². The monoisotopic (exact) mass is 398 g/mol. The van der Waals surface area contributed by atoms with Crippen molar-refractivity contribution in [2.24, 2.45) is 11.8 Å². The van der Waals surface area contributed by atoms with Gasteiger partial charge in [0.05, 0.1) is 0 Å². The van der Waals surface area contributed by atoms with Gasteiger partial charge in [0.1, 0.15) is 0 Å². The SMILES string of the molecule is O=C(O)NCCC(CCC1CCCCC1)Cc1cccc2c1CC[C@@H]1NCC[C@H]21. The Morgan fingerprint density at radius 2 is 2.00 bits per heavy atom. The minimum absolute atomic E-state index is 0.578. The van der Waals surface area contributed by atoms with Crippen LogP contribution in [0, 0.1) is 11.8 Å². The molecule has 1 saturated carbocycles. The Kier molecular flexibility index (Phi) is 7.12. The second-order valence-electron chi connectivity index (χ2n) is 9.65. The topological polar surface area (TPSA) is 61.4 Å². The highest BCUT2D eigenvalue weighted by molar-refractivity contribution is 5.64. The third-order valence-corrected chi connectivity index (χ3v) is 7.81. The van der Waals surface area contributed by atoms with Crippen LogP contribution in [-0.4, -0.2) is 30.3 Å². The van der Waals surface area contributed by atoms with Crippen molar-refractivity contribution in [3.63, 3.8) is 0 Å². The molecule has 1 saturated heterocycles. The summed E-state index contributed by atoms with van der Waals surface area (Å²) in [7, 11) is 0. The van der Waals surface area contributed by atoms with E-state index in [0.717, 1.165) is 25.3 Å². The standard InChI is InChI=1S/C25H38N2O2/c28-25(29)27-15-13-19(10-9-18-5-2-1-3-6-18)17-20-7-4-8-22-21(20)11-12-24-23(22)14-16-26-24/h4,7-8,18-19,23-24,26-27H,1-3,5-6,9-17H2,(H,28,29)/t19?,23-,24+/m1/s1. The molecule has 1 aromatic rings. The van der Waals surface area contributed by atoms with E-state index in [1.165, 1.54) is 69.8 Å². The van der Waals surface area contributed by atoms with Crippen molar-refractivity contribution in [2.75, 3.05) is 13.1 Å². The molecule has 1 unspecified atom stereocenters. The van der Waals surface area contributed by atoms with Gasteiger partial charge in [-0.3, -0.25) is 0 Å². The first kappa shape index (κ1) is 20.7. The zero-order chi connectivity index (χ0) is 20.1. The molecule has 4 rings (SSSR count). The first-order chi connectivity index (χ1) is 14.2. The Morgan fingerprint density at radius 3 is 2.83 bits per heavy atom. The van der Waals surface area contributed by atoms with Gasteiger partial charge in [-0.1, -0.05) is 56.7 Å². The maximum atomic E-state index is 10.9. The lowest BCUT2D eigenvalue weighted by Crippen LogP contribution is -2.31. The number of benzene rings is 1. The van der Waals surface area contributed by atoms with E-state index in [2.05, 4.69) is 28.8 Å². The van der Waals surface area contributed by atoms with Gasteiger partial charge in [-0.15, -0.1) is 0 Å². The third kappa shape index (κ3) is 5.33. The van der Waals surface area contributed by atoms with E-state index in [-0.39, 0.29) is 0 Å². The van der Waals surface area contributed by atoms with Crippen LogP contribution < -0.4 is 10.6 Å². The predicted octanol–water partition coefficient (Wildman–Crippen LogP) is 5.26. The van der Waals surface area contributed by atoms with Crippen molar-refractivity contribution in [3.8, 4) is 0 Å². The molecule has 1 amide bonds. The third-order valence-electron chi connectivity index (χ3n) is 7.81. The van der Waals surface area contributed by atoms with Crippen LogP contribution in [-0.2, 0) is 12.8 Å². The second kappa shape index (κ2) is 9.97. The van der Waals surface area contributed by atoms with Crippen molar-refractivity contribution >= 4 is 6.09 Å². The summed E-state index contributed by atoms with van der Waals surface area (Å²) in [5.41, 5.74) is 4.75. The molecule has 160 valence electrons. The molecular formula is C25H38N2O2. The fourth-order valence-electron chi connectivity index (χ4n) is 6.23. The molecule has 3 atom stereocenters. The van der Waals surface area contributed by atoms with Crippen molar-refractivity contribution in [2.45, 2.75) is 89.0 Å². The molecule has 0 aromatic heterocycles. The Labute approximate surface area is 175 Å². The van der Waals surface area contributed by atoms with E-state index < -0.39 is 6.09 Å². The number of carbonyl (C=O) groups is 1. The summed E-state index contributed by atoms with van der Waals surface area (Å²) in [4.78, 5) is 10.9. The van der Waals surface area contributed by atoms with Crippen LogP contribution in [0.25, 0.3) is 0 Å². The summed E-state index contributed by atoms with van der Waals surface area (Å²) in [6, 6.07) is 7.66. The lowest BCUT2D eigenvalue weighted by Gasteiger charge is -2.31. The highest BCUT2D eigenvalue weighted by Crippen LogP contribution is 2.39. The number of hydrogen-bond donors (Lipinski definition) is 3. The zero-order valence-corrected chi connectivity index (χ0v) is 17.8. The minimum atomic E-state index is -0.895. The largest absolute Gasteiger partial charge is 0.465 e. The average Bonchev–Trinajstić information content (AvgIpc) is 3.22. The molecule has 3 N–H and O–H groups in total. The Balaban J connectivity index is 1.43. The summed E-state index contributed by atoms with van der Waals surface area (Å²) in [5.74, 6) is 2.18. The maximum absolute atomic E-state index is 10.9. The lowest BCUT2D eigenvalue weighted by atomic mass is 9.76. The Bertz CT molecular complexity index is 683. The first-order valence-corrected chi connectivity index (χ1v) is 12.0. The molecule has 0 spiro atoms. The van der Waals surface area contributed by atoms with Gasteiger partial charge in [-0.05, 0) is 73.6 Å². The summed E-state index contributed by atoms with van der Waals surface area (Å²) in [6.45, 7) is 1.73. The van der Waals surface area contributed by atoms with E-state index >= 15 is 0 Å². The van der Waals surface area contributed by atoms with Gasteiger partial charge in [0.2, 0.25) is 0 Å². The number of fused-ring (bicyclic) bond motifs is 3. The lowest BCUT2D eigenvalue weighted by molar-refractivity contribution is 0.193. The van der Waals surface area contributed by atoms with E-state index in [4.69, 9.17) is 5.11 Å².